The maximum Gasteiger partial charge on any atom is 0.218 e. The van der Waals surface area contributed by atoms with Crippen molar-refractivity contribution in [2.75, 3.05) is 5.75 Å². The molecule has 1 heterocycles. The number of hydrogen-bond acceptors (Lipinski definition) is 3. The van der Waals surface area contributed by atoms with Gasteiger partial charge in [-0.2, -0.15) is 0 Å². The van der Waals surface area contributed by atoms with Gasteiger partial charge >= 0.3 is 0 Å². The van der Waals surface area contributed by atoms with E-state index in [1.165, 1.54) is 0 Å². The van der Waals surface area contributed by atoms with E-state index in [0.717, 1.165) is 12.8 Å². The monoisotopic (exact) mass is 227 g/mol. The van der Waals surface area contributed by atoms with Crippen molar-refractivity contribution < 1.29 is 13.2 Å². The van der Waals surface area contributed by atoms with Gasteiger partial charge in [0.2, 0.25) is 5.91 Å². The molecular weight excluding hydrogens is 214 g/mol. The molecule has 1 aliphatic heterocycles. The zero-order valence-corrected chi connectivity index (χ0v) is 8.86. The summed E-state index contributed by atoms with van der Waals surface area (Å²) in [5, 5.41) is -0.510. The van der Waals surface area contributed by atoms with Crippen LogP contribution in [0, 0.1) is 0 Å². The first-order chi connectivity index (χ1) is 5.52. The van der Waals surface area contributed by atoms with E-state index in [4.69, 9.17) is 5.73 Å². The summed E-state index contributed by atoms with van der Waals surface area (Å²) in [5.41, 5.74) is 4.94. The van der Waals surface area contributed by atoms with Gasteiger partial charge in [-0.3, -0.25) is 4.79 Å². The Morgan fingerprint density at radius 2 is 2.00 bits per heavy atom. The minimum atomic E-state index is -3.02. The van der Waals surface area contributed by atoms with Crippen LogP contribution in [0.15, 0.2) is 0 Å². The van der Waals surface area contributed by atoms with Crippen LogP contribution in [0.25, 0.3) is 0 Å². The number of rotatable bonds is 2. The topological polar surface area (TPSA) is 77.2 Å². The lowest BCUT2D eigenvalue weighted by Crippen LogP contribution is -2.32. The molecule has 1 atom stereocenters. The number of nitrogens with two attached hydrogens (primary N) is 1. The van der Waals surface area contributed by atoms with Crippen molar-refractivity contribution in [1.29, 1.82) is 0 Å². The molecule has 2 N–H and O–H groups in total. The molecule has 1 amide bonds. The molecule has 0 bridgehead atoms. The fourth-order valence-corrected chi connectivity index (χ4v) is 3.36. The molecule has 1 saturated heterocycles. The Hall–Kier alpha value is -0.290. The maximum absolute atomic E-state index is 11.3. The van der Waals surface area contributed by atoms with Gasteiger partial charge in [0, 0.05) is 6.42 Å². The first kappa shape index (κ1) is 12.7. The summed E-state index contributed by atoms with van der Waals surface area (Å²) in [5.74, 6) is -0.309. The minimum Gasteiger partial charge on any atom is -0.370 e. The van der Waals surface area contributed by atoms with Crippen molar-refractivity contribution in [3.05, 3.63) is 0 Å². The van der Waals surface area contributed by atoms with Gasteiger partial charge in [-0.05, 0) is 12.8 Å². The van der Waals surface area contributed by atoms with Crippen LogP contribution in [0.1, 0.15) is 25.7 Å². The zero-order chi connectivity index (χ0) is 9.19. The van der Waals surface area contributed by atoms with E-state index in [9.17, 15) is 13.2 Å². The summed E-state index contributed by atoms with van der Waals surface area (Å²) in [6.45, 7) is 0. The van der Waals surface area contributed by atoms with Crippen LogP contribution in [0.4, 0.5) is 0 Å². The molecule has 1 aliphatic rings. The summed E-state index contributed by atoms with van der Waals surface area (Å²) in [4.78, 5) is 10.5. The van der Waals surface area contributed by atoms with Crippen LogP contribution < -0.4 is 5.73 Å². The van der Waals surface area contributed by atoms with Crippen LogP contribution in [0.2, 0.25) is 0 Å². The smallest absolute Gasteiger partial charge is 0.218 e. The molecular formula is C7H14ClNO3S. The van der Waals surface area contributed by atoms with Crippen LogP contribution in [-0.2, 0) is 14.6 Å². The number of carbonyl (C=O) groups is 1. The standard InChI is InChI=1S/C7H13NO3S.ClH/c8-7(9)5-6-3-1-2-4-12(6,10)11;/h6H,1-5H2,(H2,8,9);1H. The van der Waals surface area contributed by atoms with Gasteiger partial charge in [-0.1, -0.05) is 6.42 Å². The Morgan fingerprint density at radius 3 is 2.46 bits per heavy atom. The number of amides is 1. The van der Waals surface area contributed by atoms with Crippen molar-refractivity contribution in [2.24, 2.45) is 5.73 Å². The second kappa shape index (κ2) is 4.81. The van der Waals surface area contributed by atoms with Gasteiger partial charge in [0.05, 0.1) is 11.0 Å². The third-order valence-electron chi connectivity index (χ3n) is 2.14. The SMILES string of the molecule is Cl.NC(=O)CC1CCCCS1(=O)=O. The van der Waals surface area contributed by atoms with Gasteiger partial charge in [0.25, 0.3) is 0 Å². The Morgan fingerprint density at radius 1 is 1.38 bits per heavy atom. The van der Waals surface area contributed by atoms with Gasteiger partial charge < -0.3 is 5.73 Å². The average molecular weight is 228 g/mol. The lowest BCUT2D eigenvalue weighted by atomic mass is 10.1. The van der Waals surface area contributed by atoms with Crippen LogP contribution in [-0.4, -0.2) is 25.3 Å². The van der Waals surface area contributed by atoms with Crippen LogP contribution >= 0.6 is 12.4 Å². The van der Waals surface area contributed by atoms with E-state index in [-0.39, 0.29) is 24.6 Å². The number of hydrogen-bond donors (Lipinski definition) is 1. The molecule has 0 aromatic rings. The van der Waals surface area contributed by atoms with E-state index in [1.54, 1.807) is 0 Å². The van der Waals surface area contributed by atoms with Gasteiger partial charge in [0.15, 0.2) is 9.84 Å². The molecule has 4 nitrogen and oxygen atoms in total. The van der Waals surface area contributed by atoms with Crippen molar-refractivity contribution in [3.8, 4) is 0 Å². The van der Waals surface area contributed by atoms with E-state index in [1.807, 2.05) is 0 Å². The lowest BCUT2D eigenvalue weighted by molar-refractivity contribution is -0.118. The molecule has 0 radical (unpaired) electrons. The highest BCUT2D eigenvalue weighted by Gasteiger charge is 2.29. The largest absolute Gasteiger partial charge is 0.370 e. The van der Waals surface area contributed by atoms with Crippen molar-refractivity contribution in [3.63, 3.8) is 0 Å². The first-order valence-corrected chi connectivity index (χ1v) is 5.74. The molecule has 0 spiro atoms. The second-order valence-corrected chi connectivity index (χ2v) is 5.56. The molecule has 0 aromatic carbocycles. The molecule has 0 saturated carbocycles. The zero-order valence-electron chi connectivity index (χ0n) is 7.23. The normalized spacial score (nSPS) is 26.0. The molecule has 6 heteroatoms. The highest BCUT2D eigenvalue weighted by Crippen LogP contribution is 2.21. The van der Waals surface area contributed by atoms with E-state index >= 15 is 0 Å². The Balaban J connectivity index is 0.00000144. The number of sulfone groups is 1. The quantitative estimate of drug-likeness (QED) is 0.735. The maximum atomic E-state index is 11.3. The lowest BCUT2D eigenvalue weighted by Gasteiger charge is -2.20. The molecule has 78 valence electrons. The molecule has 0 aliphatic carbocycles. The molecule has 1 fully saturated rings. The van der Waals surface area contributed by atoms with E-state index in [0.29, 0.717) is 6.42 Å². The van der Waals surface area contributed by atoms with E-state index < -0.39 is 21.0 Å². The molecule has 0 aromatic heterocycles. The molecule has 1 unspecified atom stereocenters. The third kappa shape index (κ3) is 3.52. The molecule has 1 rings (SSSR count). The summed E-state index contributed by atoms with van der Waals surface area (Å²) < 4.78 is 22.6. The second-order valence-electron chi connectivity index (χ2n) is 3.16. The Kier molecular flexibility index (Phi) is 4.70. The summed E-state index contributed by atoms with van der Waals surface area (Å²) in [6.07, 6.45) is 2.18. The average Bonchev–Trinajstić information content (AvgIpc) is 1.92. The number of primary amides is 1. The van der Waals surface area contributed by atoms with Gasteiger partial charge in [-0.25, -0.2) is 8.42 Å². The highest BCUT2D eigenvalue weighted by atomic mass is 35.5. The highest BCUT2D eigenvalue weighted by molar-refractivity contribution is 7.92. The third-order valence-corrected chi connectivity index (χ3v) is 4.42. The minimum absolute atomic E-state index is 0. The fourth-order valence-electron chi connectivity index (χ4n) is 1.47. The Bertz CT molecular complexity index is 275. The molecule has 13 heavy (non-hydrogen) atoms. The fraction of sp³-hybridized carbons (Fsp3) is 0.857. The van der Waals surface area contributed by atoms with Gasteiger partial charge in [0.1, 0.15) is 0 Å². The first-order valence-electron chi connectivity index (χ1n) is 4.02. The predicted octanol–water partition coefficient (Wildman–Crippen LogP) is 0.251. The Labute approximate surface area is 84.2 Å². The summed E-state index contributed by atoms with van der Waals surface area (Å²) >= 11 is 0. The van der Waals surface area contributed by atoms with Crippen LogP contribution in [0.3, 0.4) is 0 Å². The van der Waals surface area contributed by atoms with E-state index in [2.05, 4.69) is 0 Å². The van der Waals surface area contributed by atoms with Crippen LogP contribution in [0.5, 0.6) is 0 Å². The number of halogens is 1. The number of carbonyl (C=O) groups excluding carboxylic acids is 1. The summed E-state index contributed by atoms with van der Waals surface area (Å²) in [6, 6.07) is 0. The predicted molar refractivity (Wildman–Crippen MR) is 52.5 cm³/mol. The van der Waals surface area contributed by atoms with Gasteiger partial charge in [-0.15, -0.1) is 12.4 Å². The summed E-state index contributed by atoms with van der Waals surface area (Å²) in [7, 11) is -3.02. The van der Waals surface area contributed by atoms with Crippen molar-refractivity contribution in [1.82, 2.24) is 0 Å². The van der Waals surface area contributed by atoms with Crippen molar-refractivity contribution >= 4 is 28.2 Å². The van der Waals surface area contributed by atoms with Crippen molar-refractivity contribution in [2.45, 2.75) is 30.9 Å².